The Morgan fingerprint density at radius 2 is 0.667 bits per heavy atom. The van der Waals surface area contributed by atoms with Crippen LogP contribution in [-0.2, 0) is 85.8 Å². The molecule has 38 heteroatoms. The highest BCUT2D eigenvalue weighted by Gasteiger charge is 2.40. The van der Waals surface area contributed by atoms with Crippen molar-refractivity contribution in [1.82, 2.24) is 49.8 Å². The summed E-state index contributed by atoms with van der Waals surface area (Å²) >= 11 is 0. The second-order valence-corrected chi connectivity index (χ2v) is 43.1. The summed E-state index contributed by atoms with van der Waals surface area (Å²) in [6, 6.07) is -1.13. The molecule has 0 aromatic carbocycles. The third kappa shape index (κ3) is 65.3. The van der Waals surface area contributed by atoms with E-state index in [0.717, 1.165) is 140 Å². The highest BCUT2D eigenvalue weighted by molar-refractivity contribution is 8.78. The van der Waals surface area contributed by atoms with Gasteiger partial charge in [-0.15, -0.1) is 0 Å². The summed E-state index contributed by atoms with van der Waals surface area (Å²) in [5.74, 6) is 3.49. The normalized spacial score (nSPS) is 16.3. The number of esters is 8. The van der Waals surface area contributed by atoms with Crippen LogP contribution in [0.4, 0.5) is 0 Å². The van der Waals surface area contributed by atoms with E-state index in [1.807, 2.05) is 130 Å². The molecule has 4 saturated heterocycles. The average Bonchev–Trinajstić information content (AvgIpc) is 1.48. The summed E-state index contributed by atoms with van der Waals surface area (Å²) in [6.45, 7) is 25.8. The number of hydrogen-bond acceptors (Lipinski definition) is 36. The summed E-state index contributed by atoms with van der Waals surface area (Å²) in [5, 5.41) is 25.5. The van der Waals surface area contributed by atoms with Gasteiger partial charge in [0.2, 0.25) is 11.8 Å². The van der Waals surface area contributed by atoms with Gasteiger partial charge in [-0.3, -0.25) is 52.8 Å². The van der Waals surface area contributed by atoms with Gasteiger partial charge in [-0.1, -0.05) is 141 Å². The number of aliphatic hydroxyl groups is 2. The van der Waals surface area contributed by atoms with Crippen molar-refractivity contribution < 1.29 is 96.1 Å². The fourth-order valence-corrected chi connectivity index (χ4v) is 24.5. The molecule has 2 amide bonds. The molecule has 0 saturated carbocycles. The molecule has 123 heavy (non-hydrogen) atoms. The van der Waals surface area contributed by atoms with Crippen molar-refractivity contribution in [3.63, 3.8) is 0 Å². The number of ether oxygens (including phenoxy) is 8. The number of hydrogen-bond donors (Lipinski definition) is 4. The van der Waals surface area contributed by atoms with E-state index < -0.39 is 18.1 Å². The monoisotopic (exact) mass is 1900 g/mol. The number of amides is 2. The predicted molar refractivity (Wildman–Crippen MR) is 508 cm³/mol. The SMILES string of the molecule is CCCC(=O)OCC(COC(=O)CCN(C)CCN(C)C)NC(=O)CCCCC1CCSS1.CCCC(=O)OCC(COC(=O)CCN(CCO)CCN(C)CCO)NC(=O)CCCCC1CCSS1.CCCC(=O)OCC1(COC(=O)CCN(C)CCN(C)C)CSSC1.CCCC(=O)OCC1(COC(=O)CCN(CC)CCCN(C)CC)CSSC1. The summed E-state index contributed by atoms with van der Waals surface area (Å²) in [5.41, 5.74) is -0.491. The van der Waals surface area contributed by atoms with E-state index in [1.165, 1.54) is 24.3 Å². The van der Waals surface area contributed by atoms with E-state index in [1.54, 1.807) is 43.2 Å². The largest absolute Gasteiger partial charge is 0.465 e. The third-order valence-corrected chi connectivity index (χ3v) is 31.8. The highest BCUT2D eigenvalue weighted by atomic mass is 33.1. The van der Waals surface area contributed by atoms with Gasteiger partial charge in [-0.05, 0) is 153 Å². The molecule has 0 spiro atoms. The molecule has 0 bridgehead atoms. The second-order valence-electron chi connectivity index (χ2n) is 32.6. The minimum atomic E-state index is -0.597. The quantitative estimate of drug-likeness (QED) is 0.0190. The predicted octanol–water partition coefficient (Wildman–Crippen LogP) is 10.1. The number of likely N-dealkylation sites (N-methyl/N-ethyl adjacent to an activating group) is 5. The van der Waals surface area contributed by atoms with Crippen molar-refractivity contribution in [1.29, 1.82) is 0 Å². The Bertz CT molecular complexity index is 2810. The molecular formula is C85H160N10O20S8. The van der Waals surface area contributed by atoms with E-state index in [-0.39, 0.29) is 117 Å². The molecule has 4 heterocycles. The van der Waals surface area contributed by atoms with Crippen molar-refractivity contribution in [2.24, 2.45) is 10.8 Å². The smallest absolute Gasteiger partial charge is 0.307 e. The molecule has 4 unspecified atom stereocenters. The van der Waals surface area contributed by atoms with Crippen LogP contribution >= 0.6 is 86.4 Å². The van der Waals surface area contributed by atoms with Gasteiger partial charge in [0, 0.05) is 162 Å². The molecule has 0 aromatic heterocycles. The van der Waals surface area contributed by atoms with Crippen LogP contribution in [0, 0.1) is 10.8 Å². The maximum absolute atomic E-state index is 12.5. The second kappa shape index (κ2) is 75.7. The Morgan fingerprint density at radius 3 is 1.00 bits per heavy atom. The number of carbonyl (C=O) groups is 10. The lowest BCUT2D eigenvalue weighted by molar-refractivity contribution is -0.154. The van der Waals surface area contributed by atoms with E-state index in [4.69, 9.17) is 43.0 Å². The number of aliphatic hydroxyl groups excluding tert-OH is 2. The third-order valence-electron chi connectivity index (χ3n) is 20.1. The first kappa shape index (κ1) is 118. The van der Waals surface area contributed by atoms with Gasteiger partial charge < -0.3 is 93.0 Å². The van der Waals surface area contributed by atoms with E-state index in [9.17, 15) is 53.1 Å². The standard InChI is InChI=1S/C25H47N3O7S2.C23H43N3O5S2.C20H38N2O4S2.C17H32N2O4S2/c1-3-6-24(32)34-19-21(26-23(31)8-5-4-7-22-10-18-36-37-22)20-35-25(33)9-11-28(15-17-30)13-12-27(2)14-16-29;1-5-8-22(28)30-17-19(18-31-23(29)11-13-26(4)15-14-25(2)3)24-21(27)10-7-6-9-20-12-16-32-33-20;1-5-9-18(23)25-14-20(16-27-28-17-20)15-26-19(24)10-13-22(7-3)12-8-11-21(4)6-2;1-5-6-15(20)22-11-17(13-24-25-14-17)12-23-16(21)7-8-19(4)10-9-18(2)3/h21-22,29-30H,3-20H2,1-2H3,(H,26,31);19-20H,5-18H2,1-4H3,(H,24,27);5-17H2,1-4H3;5-14H2,1-4H3. The summed E-state index contributed by atoms with van der Waals surface area (Å²) in [4.78, 5) is 138. The number of carbonyl (C=O) groups excluding carboxylic acids is 10. The summed E-state index contributed by atoms with van der Waals surface area (Å²) in [6.07, 6.45) is 16.0. The van der Waals surface area contributed by atoms with Crippen LogP contribution in [0.2, 0.25) is 0 Å². The molecule has 4 fully saturated rings. The zero-order valence-electron chi connectivity index (χ0n) is 77.3. The number of rotatable bonds is 67. The zero-order chi connectivity index (χ0) is 91.3. The van der Waals surface area contributed by atoms with Crippen molar-refractivity contribution in [2.45, 2.75) is 212 Å². The van der Waals surface area contributed by atoms with Crippen LogP contribution in [0.15, 0.2) is 0 Å². The molecule has 0 radical (unpaired) electrons. The molecule has 4 rings (SSSR count). The molecule has 4 aliphatic rings. The van der Waals surface area contributed by atoms with Crippen LogP contribution in [0.3, 0.4) is 0 Å². The van der Waals surface area contributed by atoms with Gasteiger partial charge in [0.1, 0.15) is 52.9 Å². The van der Waals surface area contributed by atoms with Gasteiger partial charge in [0.25, 0.3) is 0 Å². The van der Waals surface area contributed by atoms with E-state index in [0.29, 0.717) is 147 Å². The molecule has 4 atom stereocenters. The van der Waals surface area contributed by atoms with Gasteiger partial charge in [-0.25, -0.2) is 0 Å². The zero-order valence-corrected chi connectivity index (χ0v) is 83.8. The Kier molecular flexibility index (Phi) is 72.7. The molecular weight excluding hydrogens is 1740 g/mol. The molecule has 718 valence electrons. The van der Waals surface area contributed by atoms with Crippen molar-refractivity contribution in [3.05, 3.63) is 0 Å². The van der Waals surface area contributed by atoms with Crippen LogP contribution in [-0.4, -0.2) is 393 Å². The molecule has 0 aromatic rings. The van der Waals surface area contributed by atoms with Crippen LogP contribution < -0.4 is 10.6 Å². The lowest BCUT2D eigenvalue weighted by Gasteiger charge is -2.26. The van der Waals surface area contributed by atoms with Crippen LogP contribution in [0.1, 0.15) is 189 Å². The summed E-state index contributed by atoms with van der Waals surface area (Å²) < 4.78 is 43.2. The highest BCUT2D eigenvalue weighted by Crippen LogP contribution is 2.45. The number of unbranched alkanes of at least 4 members (excludes halogenated alkanes) is 2. The van der Waals surface area contributed by atoms with Gasteiger partial charge >= 0.3 is 47.8 Å². The first-order valence-electron chi connectivity index (χ1n) is 44.6. The molecule has 4 aliphatic heterocycles. The molecule has 4 N–H and O–H groups in total. The Balaban J connectivity index is 0.000000828. The molecule has 30 nitrogen and oxygen atoms in total. The van der Waals surface area contributed by atoms with Gasteiger partial charge in [0.15, 0.2) is 0 Å². The minimum absolute atomic E-state index is 0.00132. The first-order valence-corrected chi connectivity index (χ1v) is 54.3. The van der Waals surface area contributed by atoms with Gasteiger partial charge in [0.05, 0.1) is 61.8 Å². The lowest BCUT2D eigenvalue weighted by Crippen LogP contribution is -2.42. The number of nitrogens with one attached hydrogen (secondary N) is 2. The fraction of sp³-hybridized carbons (Fsp3) is 0.882. The minimum Gasteiger partial charge on any atom is -0.465 e. The summed E-state index contributed by atoms with van der Waals surface area (Å²) in [7, 11) is 30.8. The van der Waals surface area contributed by atoms with E-state index in [2.05, 4.69) is 60.9 Å². The van der Waals surface area contributed by atoms with Crippen molar-refractivity contribution in [2.75, 3.05) is 262 Å². The van der Waals surface area contributed by atoms with Crippen LogP contribution in [0.5, 0.6) is 0 Å². The topological polar surface area (TPSA) is 335 Å². The van der Waals surface area contributed by atoms with Gasteiger partial charge in [-0.2, -0.15) is 0 Å². The molecule has 0 aliphatic carbocycles. The lowest BCUT2D eigenvalue weighted by atomic mass is 9.95. The first-order chi connectivity index (χ1) is 59.0. The van der Waals surface area contributed by atoms with Crippen LogP contribution in [0.25, 0.3) is 0 Å². The van der Waals surface area contributed by atoms with Crippen molar-refractivity contribution >= 4 is 146 Å². The average molecular weight is 1900 g/mol. The Morgan fingerprint density at radius 1 is 0.333 bits per heavy atom. The maximum Gasteiger partial charge on any atom is 0.307 e. The number of nitrogens with zero attached hydrogens (tertiary/aromatic N) is 8. The van der Waals surface area contributed by atoms with E-state index >= 15 is 0 Å². The maximum atomic E-state index is 12.5. The fourth-order valence-electron chi connectivity index (χ4n) is 11.8. The Hall–Kier alpha value is -2.90. The van der Waals surface area contributed by atoms with Crippen molar-refractivity contribution in [3.8, 4) is 0 Å². The Labute approximate surface area is 770 Å².